The lowest BCUT2D eigenvalue weighted by molar-refractivity contribution is -0.145. The Labute approximate surface area is 103 Å². The van der Waals surface area contributed by atoms with Crippen LogP contribution in [0.5, 0.6) is 0 Å². The number of alkyl carbamates (subject to hydrolysis) is 1. The van der Waals surface area contributed by atoms with Crippen LogP contribution in [-0.4, -0.2) is 29.3 Å². The van der Waals surface area contributed by atoms with Crippen molar-refractivity contribution in [2.24, 2.45) is 11.3 Å². The van der Waals surface area contributed by atoms with Crippen molar-refractivity contribution < 1.29 is 19.4 Å². The van der Waals surface area contributed by atoms with Gasteiger partial charge in [-0.15, -0.1) is 0 Å². The predicted molar refractivity (Wildman–Crippen MR) is 64.8 cm³/mol. The molecule has 0 aromatic carbocycles. The highest BCUT2D eigenvalue weighted by molar-refractivity contribution is 5.73. The summed E-state index contributed by atoms with van der Waals surface area (Å²) in [6.07, 6.45) is -0.590. The SMILES string of the molecule is CC(C)(C)OC(=O)NC[C@@H](C(=O)O)C(C)(C)C. The summed E-state index contributed by atoms with van der Waals surface area (Å²) in [5, 5.41) is 11.5. The van der Waals surface area contributed by atoms with E-state index in [9.17, 15) is 9.59 Å². The first-order valence-electron chi connectivity index (χ1n) is 5.63. The van der Waals surface area contributed by atoms with Gasteiger partial charge in [0.15, 0.2) is 0 Å². The van der Waals surface area contributed by atoms with E-state index >= 15 is 0 Å². The van der Waals surface area contributed by atoms with Crippen LogP contribution in [0.1, 0.15) is 41.5 Å². The standard InChI is InChI=1S/C12H23NO4/c1-11(2,3)8(9(14)15)7-13-10(16)17-12(4,5)6/h8H,7H2,1-6H3,(H,13,16)(H,14,15)/t8-/m0/s1. The fraction of sp³-hybridized carbons (Fsp3) is 0.833. The number of carbonyl (C=O) groups excluding carboxylic acids is 1. The zero-order valence-electron chi connectivity index (χ0n) is 11.5. The third kappa shape index (κ3) is 6.81. The Balaban J connectivity index is 4.34. The first-order chi connectivity index (χ1) is 7.43. The maximum absolute atomic E-state index is 11.4. The first kappa shape index (κ1) is 15.7. The van der Waals surface area contributed by atoms with Crippen molar-refractivity contribution in [1.82, 2.24) is 5.32 Å². The molecule has 0 aromatic heterocycles. The summed E-state index contributed by atoms with van der Waals surface area (Å²) >= 11 is 0. The number of aliphatic carboxylic acids is 1. The molecular weight excluding hydrogens is 222 g/mol. The Bertz CT molecular complexity index is 286. The van der Waals surface area contributed by atoms with Crippen LogP contribution in [0.25, 0.3) is 0 Å². The second-order valence-corrected chi connectivity index (χ2v) is 6.14. The summed E-state index contributed by atoms with van der Waals surface area (Å²) in [7, 11) is 0. The van der Waals surface area contributed by atoms with Crippen LogP contribution in [0.4, 0.5) is 4.79 Å². The molecule has 0 fully saturated rings. The summed E-state index contributed by atoms with van der Waals surface area (Å²) in [5.74, 6) is -1.57. The molecule has 0 rings (SSSR count). The van der Waals surface area contributed by atoms with Crippen molar-refractivity contribution in [1.29, 1.82) is 0 Å². The summed E-state index contributed by atoms with van der Waals surface area (Å²) in [6.45, 7) is 10.8. The molecule has 5 nitrogen and oxygen atoms in total. The van der Waals surface area contributed by atoms with Crippen LogP contribution in [0, 0.1) is 11.3 Å². The largest absolute Gasteiger partial charge is 0.481 e. The molecule has 0 spiro atoms. The predicted octanol–water partition coefficient (Wildman–Crippen LogP) is 2.26. The molecule has 17 heavy (non-hydrogen) atoms. The van der Waals surface area contributed by atoms with Gasteiger partial charge in [-0.1, -0.05) is 20.8 Å². The van der Waals surface area contributed by atoms with Crippen molar-refractivity contribution in [3.8, 4) is 0 Å². The van der Waals surface area contributed by atoms with Gasteiger partial charge in [-0.3, -0.25) is 4.79 Å². The second kappa shape index (κ2) is 5.38. The minimum Gasteiger partial charge on any atom is -0.481 e. The number of carboxylic acids is 1. The zero-order chi connectivity index (χ0) is 13.9. The lowest BCUT2D eigenvalue weighted by Gasteiger charge is -2.27. The van der Waals surface area contributed by atoms with Crippen molar-refractivity contribution >= 4 is 12.1 Å². The molecule has 0 heterocycles. The van der Waals surface area contributed by atoms with Gasteiger partial charge >= 0.3 is 12.1 Å². The Hall–Kier alpha value is -1.26. The molecular formula is C12H23NO4. The highest BCUT2D eigenvalue weighted by Gasteiger charge is 2.31. The minimum atomic E-state index is -0.923. The fourth-order valence-corrected chi connectivity index (χ4v) is 1.26. The van der Waals surface area contributed by atoms with Gasteiger partial charge < -0.3 is 15.2 Å². The van der Waals surface area contributed by atoms with Crippen LogP contribution in [0.15, 0.2) is 0 Å². The van der Waals surface area contributed by atoms with E-state index in [1.54, 1.807) is 20.8 Å². The molecule has 1 atom stereocenters. The average molecular weight is 245 g/mol. The summed E-state index contributed by atoms with van der Waals surface area (Å²) in [6, 6.07) is 0. The highest BCUT2D eigenvalue weighted by Crippen LogP contribution is 2.25. The quantitative estimate of drug-likeness (QED) is 0.799. The second-order valence-electron chi connectivity index (χ2n) is 6.14. The molecule has 0 aromatic rings. The van der Waals surface area contributed by atoms with E-state index in [0.29, 0.717) is 0 Å². The molecule has 0 radical (unpaired) electrons. The lowest BCUT2D eigenvalue weighted by Crippen LogP contribution is -2.41. The third-order valence-electron chi connectivity index (χ3n) is 2.19. The van der Waals surface area contributed by atoms with Crippen LogP contribution in [0.3, 0.4) is 0 Å². The maximum atomic E-state index is 11.4. The maximum Gasteiger partial charge on any atom is 0.407 e. The van der Waals surface area contributed by atoms with Gasteiger partial charge in [-0.05, 0) is 26.2 Å². The van der Waals surface area contributed by atoms with E-state index in [1.807, 2.05) is 20.8 Å². The Morgan fingerprint density at radius 3 is 1.94 bits per heavy atom. The smallest absolute Gasteiger partial charge is 0.407 e. The number of carboxylic acid groups (broad SMARTS) is 1. The van der Waals surface area contributed by atoms with Gasteiger partial charge in [-0.25, -0.2) is 4.79 Å². The lowest BCUT2D eigenvalue weighted by atomic mass is 9.81. The normalized spacial score (nSPS) is 14.0. The zero-order valence-corrected chi connectivity index (χ0v) is 11.5. The number of ether oxygens (including phenoxy) is 1. The van der Waals surface area contributed by atoms with E-state index in [2.05, 4.69) is 5.32 Å². The molecule has 100 valence electrons. The van der Waals surface area contributed by atoms with Gasteiger partial charge in [0.2, 0.25) is 0 Å². The molecule has 0 unspecified atom stereocenters. The third-order valence-corrected chi connectivity index (χ3v) is 2.19. The molecule has 0 bridgehead atoms. The molecule has 0 aliphatic rings. The van der Waals surface area contributed by atoms with E-state index in [0.717, 1.165) is 0 Å². The molecule has 5 heteroatoms. The van der Waals surface area contributed by atoms with Crippen LogP contribution < -0.4 is 5.32 Å². The molecule has 0 aliphatic heterocycles. The monoisotopic (exact) mass is 245 g/mol. The first-order valence-corrected chi connectivity index (χ1v) is 5.63. The van der Waals surface area contributed by atoms with Crippen LogP contribution >= 0.6 is 0 Å². The molecule has 0 saturated carbocycles. The summed E-state index contributed by atoms with van der Waals surface area (Å²) in [5.41, 5.74) is -0.995. The van der Waals surface area contributed by atoms with Crippen molar-refractivity contribution in [3.05, 3.63) is 0 Å². The van der Waals surface area contributed by atoms with Crippen LogP contribution in [-0.2, 0) is 9.53 Å². The van der Waals surface area contributed by atoms with Gasteiger partial charge in [0, 0.05) is 6.54 Å². The summed E-state index contributed by atoms with van der Waals surface area (Å²) in [4.78, 5) is 22.4. The number of hydrogen-bond acceptors (Lipinski definition) is 3. The summed E-state index contributed by atoms with van der Waals surface area (Å²) < 4.78 is 5.04. The number of amides is 1. The molecule has 0 saturated heterocycles. The van der Waals surface area contributed by atoms with Gasteiger partial charge in [0.05, 0.1) is 5.92 Å². The minimum absolute atomic E-state index is 0.0632. The number of carbonyl (C=O) groups is 2. The molecule has 2 N–H and O–H groups in total. The van der Waals surface area contributed by atoms with Gasteiger partial charge in [-0.2, -0.15) is 0 Å². The fourth-order valence-electron chi connectivity index (χ4n) is 1.26. The van der Waals surface area contributed by atoms with E-state index in [4.69, 9.17) is 9.84 Å². The average Bonchev–Trinajstić information content (AvgIpc) is 1.96. The van der Waals surface area contributed by atoms with Gasteiger partial charge in [0.25, 0.3) is 0 Å². The Morgan fingerprint density at radius 2 is 1.65 bits per heavy atom. The Kier molecular flexibility index (Phi) is 4.98. The molecule has 0 aliphatic carbocycles. The highest BCUT2D eigenvalue weighted by atomic mass is 16.6. The number of rotatable bonds is 3. The van der Waals surface area contributed by atoms with Crippen molar-refractivity contribution in [3.63, 3.8) is 0 Å². The van der Waals surface area contributed by atoms with Crippen molar-refractivity contribution in [2.75, 3.05) is 6.54 Å². The van der Waals surface area contributed by atoms with Gasteiger partial charge in [0.1, 0.15) is 5.60 Å². The van der Waals surface area contributed by atoms with Crippen molar-refractivity contribution in [2.45, 2.75) is 47.1 Å². The number of nitrogens with one attached hydrogen (secondary N) is 1. The molecule has 1 amide bonds. The van der Waals surface area contributed by atoms with Crippen LogP contribution in [0.2, 0.25) is 0 Å². The van der Waals surface area contributed by atoms with E-state index < -0.39 is 29.0 Å². The number of hydrogen-bond donors (Lipinski definition) is 2. The van der Waals surface area contributed by atoms with E-state index in [1.165, 1.54) is 0 Å². The Morgan fingerprint density at radius 1 is 1.18 bits per heavy atom. The topological polar surface area (TPSA) is 75.6 Å². The van der Waals surface area contributed by atoms with E-state index in [-0.39, 0.29) is 6.54 Å².